The van der Waals surface area contributed by atoms with Gasteiger partial charge in [0.2, 0.25) is 11.8 Å². The number of β-lactam (4-membered cyclic amide) rings is 1. The van der Waals surface area contributed by atoms with Gasteiger partial charge in [0.25, 0.3) is 5.91 Å². The summed E-state index contributed by atoms with van der Waals surface area (Å²) in [6, 6.07) is -0.722. The number of likely N-dealkylation sites (tertiary alicyclic amines) is 1. The molecular weight excluding hydrogens is 450 g/mol. The lowest BCUT2D eigenvalue weighted by atomic mass is 10.0. The van der Waals surface area contributed by atoms with E-state index in [-0.39, 0.29) is 22.8 Å². The van der Waals surface area contributed by atoms with E-state index < -0.39 is 23.3 Å². The van der Waals surface area contributed by atoms with Crippen LogP contribution in [0.4, 0.5) is 0 Å². The summed E-state index contributed by atoms with van der Waals surface area (Å²) >= 11 is 4.43. The number of rotatable bonds is 6. The number of halogens is 1. The van der Waals surface area contributed by atoms with E-state index >= 15 is 0 Å². The van der Waals surface area contributed by atoms with Gasteiger partial charge in [0.15, 0.2) is 0 Å². The number of nitrogens with one attached hydrogen (secondary N) is 1. The number of nitrogens with zero attached hydrogens (tertiary/aromatic N) is 2. The van der Waals surface area contributed by atoms with Crippen molar-refractivity contribution in [3.8, 4) is 0 Å². The first-order valence-electron chi connectivity index (χ1n) is 9.17. The highest BCUT2D eigenvalue weighted by Crippen LogP contribution is 2.41. The van der Waals surface area contributed by atoms with Crippen LogP contribution in [0.15, 0.2) is 22.9 Å². The van der Waals surface area contributed by atoms with Crippen LogP contribution in [0.5, 0.6) is 0 Å². The molecule has 4 rings (SSSR count). The van der Waals surface area contributed by atoms with Gasteiger partial charge in [-0.1, -0.05) is 15.9 Å². The fourth-order valence-corrected chi connectivity index (χ4v) is 5.23. The van der Waals surface area contributed by atoms with Gasteiger partial charge in [-0.2, -0.15) is 0 Å². The molecule has 8 nitrogen and oxygen atoms in total. The van der Waals surface area contributed by atoms with Crippen molar-refractivity contribution in [2.24, 2.45) is 5.92 Å². The SMILES string of the molecule is O=C(CBr)N[C@@H]1C(=O)N2C(C(=O)O)=C(C=C3CCN(CC4CC4)C3=O)CS[C@H]12. The molecule has 0 aromatic heterocycles. The monoisotopic (exact) mass is 469 g/mol. The number of hydrogen-bond donors (Lipinski definition) is 2. The lowest BCUT2D eigenvalue weighted by molar-refractivity contribution is -0.150. The highest BCUT2D eigenvalue weighted by molar-refractivity contribution is 9.09. The van der Waals surface area contributed by atoms with E-state index in [2.05, 4.69) is 21.2 Å². The summed E-state index contributed by atoms with van der Waals surface area (Å²) in [5.41, 5.74) is 0.994. The summed E-state index contributed by atoms with van der Waals surface area (Å²) < 4.78 is 0. The Hall–Kier alpha value is -1.81. The van der Waals surface area contributed by atoms with Crippen molar-refractivity contribution in [1.82, 2.24) is 15.1 Å². The third-order valence-electron chi connectivity index (χ3n) is 5.38. The van der Waals surface area contributed by atoms with Gasteiger partial charge < -0.3 is 15.3 Å². The fraction of sp³-hybridized carbons (Fsp3) is 0.556. The molecule has 0 radical (unpaired) electrons. The molecule has 1 aliphatic carbocycles. The Morgan fingerprint density at radius 3 is 2.71 bits per heavy atom. The summed E-state index contributed by atoms with van der Waals surface area (Å²) in [7, 11) is 0. The van der Waals surface area contributed by atoms with Crippen LogP contribution in [-0.2, 0) is 19.2 Å². The average Bonchev–Trinajstić information content (AvgIpc) is 3.44. The maximum absolute atomic E-state index is 12.6. The summed E-state index contributed by atoms with van der Waals surface area (Å²) in [4.78, 5) is 51.6. The van der Waals surface area contributed by atoms with E-state index in [1.165, 1.54) is 29.5 Å². The second-order valence-electron chi connectivity index (χ2n) is 7.38. The second kappa shape index (κ2) is 7.55. The van der Waals surface area contributed by atoms with Gasteiger partial charge in [0.05, 0.1) is 5.33 Å². The number of thioether (sulfide) groups is 1. The molecule has 0 aromatic rings. The van der Waals surface area contributed by atoms with Gasteiger partial charge in [0.1, 0.15) is 17.1 Å². The maximum Gasteiger partial charge on any atom is 0.352 e. The minimum atomic E-state index is -1.20. The van der Waals surface area contributed by atoms with Crippen molar-refractivity contribution in [3.63, 3.8) is 0 Å². The van der Waals surface area contributed by atoms with Crippen LogP contribution in [0, 0.1) is 5.92 Å². The van der Waals surface area contributed by atoms with Crippen LogP contribution in [-0.4, -0.2) is 74.2 Å². The van der Waals surface area contributed by atoms with Gasteiger partial charge in [-0.3, -0.25) is 19.3 Å². The van der Waals surface area contributed by atoms with Gasteiger partial charge >= 0.3 is 5.97 Å². The van der Waals surface area contributed by atoms with Gasteiger partial charge in [-0.25, -0.2) is 4.79 Å². The van der Waals surface area contributed by atoms with Crippen LogP contribution in [0.1, 0.15) is 19.3 Å². The number of fused-ring (bicyclic) bond motifs is 1. The van der Waals surface area contributed by atoms with Crippen LogP contribution in [0.25, 0.3) is 0 Å². The first-order chi connectivity index (χ1) is 13.4. The van der Waals surface area contributed by atoms with Gasteiger partial charge in [0, 0.05) is 24.4 Å². The molecule has 150 valence electrons. The zero-order chi connectivity index (χ0) is 20.0. The van der Waals surface area contributed by atoms with Crippen molar-refractivity contribution in [2.45, 2.75) is 30.7 Å². The number of carboxylic acid groups (broad SMARTS) is 1. The smallest absolute Gasteiger partial charge is 0.352 e. The molecule has 2 N–H and O–H groups in total. The minimum absolute atomic E-state index is 0.0336. The first kappa shape index (κ1) is 19.5. The van der Waals surface area contributed by atoms with E-state index in [0.717, 1.165) is 6.54 Å². The Morgan fingerprint density at radius 1 is 1.32 bits per heavy atom. The number of carbonyl (C=O) groups is 4. The van der Waals surface area contributed by atoms with E-state index in [1.54, 1.807) is 6.08 Å². The van der Waals surface area contributed by atoms with E-state index in [1.807, 2.05) is 4.90 Å². The summed E-state index contributed by atoms with van der Waals surface area (Å²) in [5, 5.41) is 12.0. The van der Waals surface area contributed by atoms with E-state index in [9.17, 15) is 24.3 Å². The summed E-state index contributed by atoms with van der Waals surface area (Å²) in [6.45, 7) is 1.44. The van der Waals surface area contributed by atoms with E-state index in [0.29, 0.717) is 35.8 Å². The molecular formula is C18H20BrN3O5S. The van der Waals surface area contributed by atoms with Crippen molar-refractivity contribution in [2.75, 3.05) is 24.2 Å². The molecule has 2 atom stereocenters. The Bertz CT molecular complexity index is 822. The number of alkyl halides is 1. The van der Waals surface area contributed by atoms with Crippen LogP contribution < -0.4 is 5.32 Å². The van der Waals surface area contributed by atoms with Crippen LogP contribution in [0.3, 0.4) is 0 Å². The first-order valence-corrected chi connectivity index (χ1v) is 11.3. The topological polar surface area (TPSA) is 107 Å². The number of allylic oxidation sites excluding steroid dienone is 1. The molecule has 0 unspecified atom stereocenters. The molecule has 28 heavy (non-hydrogen) atoms. The average molecular weight is 470 g/mol. The lowest BCUT2D eigenvalue weighted by Crippen LogP contribution is -2.70. The molecule has 0 spiro atoms. The molecule has 0 bridgehead atoms. The molecule has 3 heterocycles. The normalized spacial score (nSPS) is 28.5. The summed E-state index contributed by atoms with van der Waals surface area (Å²) in [6.07, 6.45) is 4.57. The molecule has 0 aromatic carbocycles. The number of aliphatic carboxylic acids is 1. The Balaban J connectivity index is 1.55. The van der Waals surface area contributed by atoms with Crippen molar-refractivity contribution < 1.29 is 24.3 Å². The van der Waals surface area contributed by atoms with Crippen molar-refractivity contribution in [3.05, 3.63) is 22.9 Å². The molecule has 2 saturated heterocycles. The molecule has 3 amide bonds. The predicted molar refractivity (Wildman–Crippen MR) is 105 cm³/mol. The zero-order valence-corrected chi connectivity index (χ0v) is 17.4. The molecule has 4 aliphatic rings. The lowest BCUT2D eigenvalue weighted by Gasteiger charge is -2.49. The Morgan fingerprint density at radius 2 is 2.07 bits per heavy atom. The summed E-state index contributed by atoms with van der Waals surface area (Å²) in [5.74, 6) is -1.01. The van der Waals surface area contributed by atoms with Gasteiger partial charge in [-0.05, 0) is 36.8 Å². The fourth-order valence-electron chi connectivity index (χ4n) is 3.76. The standard InChI is InChI=1S/C18H20BrN3O5S/c19-6-12(23)20-13-16(25)22-14(18(26)27)11(8-28-17(13)22)5-10-3-4-21(15(10)24)7-9-1-2-9/h5,9,13,17H,1-4,6-8H2,(H,20,23)(H,26,27)/t13-,17-/m1/s1. The third-order valence-corrected chi connectivity index (χ3v) is 7.19. The van der Waals surface area contributed by atoms with E-state index in [4.69, 9.17) is 0 Å². The largest absolute Gasteiger partial charge is 0.477 e. The quantitative estimate of drug-likeness (QED) is 0.336. The van der Waals surface area contributed by atoms with Crippen molar-refractivity contribution >= 4 is 51.4 Å². The van der Waals surface area contributed by atoms with Gasteiger partial charge in [-0.15, -0.1) is 11.8 Å². The number of carboxylic acids is 1. The molecule has 1 saturated carbocycles. The second-order valence-corrected chi connectivity index (χ2v) is 9.05. The van der Waals surface area contributed by atoms with Crippen LogP contribution in [0.2, 0.25) is 0 Å². The zero-order valence-electron chi connectivity index (χ0n) is 15.0. The highest BCUT2D eigenvalue weighted by Gasteiger charge is 2.54. The number of amides is 3. The van der Waals surface area contributed by atoms with Crippen LogP contribution >= 0.6 is 27.7 Å². The molecule has 3 aliphatic heterocycles. The number of carbonyl (C=O) groups excluding carboxylic acids is 3. The molecule has 3 fully saturated rings. The van der Waals surface area contributed by atoms with Crippen molar-refractivity contribution in [1.29, 1.82) is 0 Å². The number of hydrogen-bond acceptors (Lipinski definition) is 5. The maximum atomic E-state index is 12.6. The predicted octanol–water partition coefficient (Wildman–Crippen LogP) is 0.689. The minimum Gasteiger partial charge on any atom is -0.477 e. The third kappa shape index (κ3) is 3.47. The Labute approximate surface area is 174 Å². The Kier molecular flexibility index (Phi) is 5.26. The highest BCUT2D eigenvalue weighted by atomic mass is 79.9. The molecule has 10 heteroatoms.